The Morgan fingerprint density at radius 3 is 1.94 bits per heavy atom. The number of anilines is 3. The van der Waals surface area contributed by atoms with E-state index in [0.29, 0.717) is 0 Å². The lowest BCUT2D eigenvalue weighted by molar-refractivity contribution is 0.590. The van der Waals surface area contributed by atoms with E-state index in [4.69, 9.17) is 9.97 Å². The SMILES string of the molecule is CC(C)(C)c1ccc(-n2c(-c3cc(C(C)(C)C)cc4c3[nH]c3ccc(C(C)(C)C)cc34)nc3c(-c4ccc5c(c4)N(c4ccccn4)c4ccccc4C5(C)C)cccc32)cc1. The maximum atomic E-state index is 5.78. The van der Waals surface area contributed by atoms with Gasteiger partial charge in [-0.3, -0.25) is 9.47 Å². The second kappa shape index (κ2) is 13.8. The second-order valence-corrected chi connectivity index (χ2v) is 21.0. The molecule has 0 fully saturated rings. The van der Waals surface area contributed by atoms with Crippen LogP contribution in [0, 0.1) is 0 Å². The normalized spacial score (nSPS) is 14.1. The maximum absolute atomic E-state index is 5.78. The number of nitrogens with one attached hydrogen (secondary N) is 1. The highest BCUT2D eigenvalue weighted by Gasteiger charge is 2.37. The van der Waals surface area contributed by atoms with E-state index in [-0.39, 0.29) is 21.7 Å². The van der Waals surface area contributed by atoms with Crippen molar-refractivity contribution in [3.63, 3.8) is 0 Å². The Hall–Kier alpha value is -6.46. The van der Waals surface area contributed by atoms with Gasteiger partial charge >= 0.3 is 0 Å². The summed E-state index contributed by atoms with van der Waals surface area (Å²) < 4.78 is 2.39. The molecule has 5 nitrogen and oxygen atoms in total. The van der Waals surface area contributed by atoms with E-state index >= 15 is 0 Å². The Morgan fingerprint density at radius 2 is 1.23 bits per heavy atom. The maximum Gasteiger partial charge on any atom is 0.147 e. The standard InChI is InChI=1S/C57H57N5/c1-54(2,3)36-23-26-39(27-24-36)61-48-20-16-17-40(35-22-28-45-49(31-35)62(50-21-14-15-30-58-50)47-19-13-12-18-44(47)57(45,10)11)52(48)60-53(61)43-34-38(56(7,8)9)33-42-41-32-37(55(4,5)6)25-29-46(41)59-51(42)43/h12-34,59H,1-11H3. The van der Waals surface area contributed by atoms with Crippen LogP contribution in [0.15, 0.2) is 140 Å². The van der Waals surface area contributed by atoms with E-state index in [2.05, 4.69) is 218 Å². The van der Waals surface area contributed by atoms with Gasteiger partial charge in [0, 0.05) is 44.7 Å². The number of benzene rings is 6. The van der Waals surface area contributed by atoms with E-state index in [0.717, 1.165) is 67.5 Å². The molecule has 1 aliphatic heterocycles. The van der Waals surface area contributed by atoms with E-state index in [1.165, 1.54) is 38.6 Å². The van der Waals surface area contributed by atoms with Crippen LogP contribution in [0.2, 0.25) is 0 Å². The molecular weight excluding hydrogens is 755 g/mol. The van der Waals surface area contributed by atoms with E-state index in [1.807, 2.05) is 12.3 Å². The predicted molar refractivity (Wildman–Crippen MR) is 262 cm³/mol. The molecule has 3 aromatic heterocycles. The molecule has 0 bridgehead atoms. The van der Waals surface area contributed by atoms with Gasteiger partial charge in [-0.1, -0.05) is 143 Å². The Bertz CT molecular complexity index is 3190. The van der Waals surface area contributed by atoms with Crippen LogP contribution in [0.3, 0.4) is 0 Å². The van der Waals surface area contributed by atoms with Crippen molar-refractivity contribution in [1.82, 2.24) is 19.5 Å². The highest BCUT2D eigenvalue weighted by Crippen LogP contribution is 2.52. The first kappa shape index (κ1) is 39.7. The fraction of sp³-hybridized carbons (Fsp3) is 0.263. The molecule has 6 aromatic carbocycles. The molecule has 0 aliphatic carbocycles. The lowest BCUT2D eigenvalue weighted by Gasteiger charge is -2.41. The van der Waals surface area contributed by atoms with Gasteiger partial charge in [0.2, 0.25) is 0 Å². The number of nitrogens with zero attached hydrogens (tertiary/aromatic N) is 4. The van der Waals surface area contributed by atoms with Gasteiger partial charge in [-0.15, -0.1) is 0 Å². The molecule has 0 unspecified atom stereocenters. The number of imidazole rings is 1. The number of para-hydroxylation sites is 2. The van der Waals surface area contributed by atoms with Crippen molar-refractivity contribution >= 4 is 50.0 Å². The quantitative estimate of drug-likeness (QED) is 0.193. The number of hydrogen-bond acceptors (Lipinski definition) is 3. The van der Waals surface area contributed by atoms with Gasteiger partial charge < -0.3 is 4.98 Å². The van der Waals surface area contributed by atoms with Crippen molar-refractivity contribution in [2.45, 2.75) is 97.8 Å². The van der Waals surface area contributed by atoms with Crippen molar-refractivity contribution in [3.05, 3.63) is 167 Å². The van der Waals surface area contributed by atoms with Gasteiger partial charge in [-0.05, 0) is 116 Å². The summed E-state index contributed by atoms with van der Waals surface area (Å²) in [5, 5.41) is 2.47. The van der Waals surface area contributed by atoms with Crippen LogP contribution < -0.4 is 4.90 Å². The summed E-state index contributed by atoms with van der Waals surface area (Å²) >= 11 is 0. The molecule has 0 amide bonds. The third-order valence-electron chi connectivity index (χ3n) is 13.3. The van der Waals surface area contributed by atoms with Crippen LogP contribution in [-0.4, -0.2) is 19.5 Å². The van der Waals surface area contributed by atoms with Gasteiger partial charge in [-0.2, -0.15) is 0 Å². The topological polar surface area (TPSA) is 49.7 Å². The van der Waals surface area contributed by atoms with Crippen molar-refractivity contribution in [1.29, 1.82) is 0 Å². The third kappa shape index (κ3) is 6.35. The molecule has 310 valence electrons. The van der Waals surface area contributed by atoms with E-state index in [9.17, 15) is 0 Å². The molecule has 0 radical (unpaired) electrons. The molecule has 62 heavy (non-hydrogen) atoms. The molecule has 0 saturated carbocycles. The minimum absolute atomic E-state index is 0.0241. The van der Waals surface area contributed by atoms with Gasteiger partial charge in [-0.25, -0.2) is 9.97 Å². The average molecular weight is 812 g/mol. The summed E-state index contributed by atoms with van der Waals surface area (Å²) in [6.45, 7) is 25.3. The Balaban J connectivity index is 1.26. The Labute approximate surface area is 366 Å². The second-order valence-electron chi connectivity index (χ2n) is 21.0. The highest BCUT2D eigenvalue weighted by atomic mass is 15.2. The van der Waals surface area contributed by atoms with Gasteiger partial charge in [0.05, 0.1) is 27.9 Å². The fourth-order valence-corrected chi connectivity index (χ4v) is 9.58. The monoisotopic (exact) mass is 811 g/mol. The van der Waals surface area contributed by atoms with Gasteiger partial charge in [0.1, 0.15) is 11.6 Å². The predicted octanol–water partition coefficient (Wildman–Crippen LogP) is 15.4. The first-order valence-electron chi connectivity index (χ1n) is 22.1. The van der Waals surface area contributed by atoms with Crippen LogP contribution in [0.25, 0.3) is 61.0 Å². The summed E-state index contributed by atoms with van der Waals surface area (Å²) in [7, 11) is 0. The molecule has 0 spiro atoms. The third-order valence-corrected chi connectivity index (χ3v) is 13.3. The zero-order valence-electron chi connectivity index (χ0n) is 38.1. The molecule has 10 rings (SSSR count). The first-order chi connectivity index (χ1) is 29.4. The summed E-state index contributed by atoms with van der Waals surface area (Å²) in [5.41, 5.74) is 17.1. The molecule has 0 atom stereocenters. The molecule has 1 aliphatic rings. The first-order valence-corrected chi connectivity index (χ1v) is 22.1. The fourth-order valence-electron chi connectivity index (χ4n) is 9.58. The number of hydrogen-bond donors (Lipinski definition) is 1. The molecule has 5 heteroatoms. The van der Waals surface area contributed by atoms with Crippen LogP contribution in [0.1, 0.15) is 104 Å². The van der Waals surface area contributed by atoms with Gasteiger partial charge in [0.25, 0.3) is 0 Å². The van der Waals surface area contributed by atoms with Gasteiger partial charge in [0.15, 0.2) is 0 Å². The highest BCUT2D eigenvalue weighted by molar-refractivity contribution is 6.13. The summed E-state index contributed by atoms with van der Waals surface area (Å²) in [6.07, 6.45) is 1.88. The van der Waals surface area contributed by atoms with E-state index < -0.39 is 0 Å². The van der Waals surface area contributed by atoms with Crippen molar-refractivity contribution < 1.29 is 0 Å². The Kier molecular flexibility index (Phi) is 8.81. The lowest BCUT2D eigenvalue weighted by atomic mass is 9.73. The molecule has 1 N–H and O–H groups in total. The van der Waals surface area contributed by atoms with Crippen LogP contribution in [-0.2, 0) is 21.7 Å². The summed E-state index contributed by atoms with van der Waals surface area (Å²) in [4.78, 5) is 16.9. The smallest absolute Gasteiger partial charge is 0.147 e. The number of H-pyrrole nitrogens is 1. The molecule has 4 heterocycles. The minimum atomic E-state index is -0.216. The average Bonchev–Trinajstić information content (AvgIpc) is 3.81. The molecule has 0 saturated heterocycles. The lowest BCUT2D eigenvalue weighted by Crippen LogP contribution is -2.30. The molecular formula is C57H57N5. The number of rotatable bonds is 4. The van der Waals surface area contributed by atoms with Crippen molar-refractivity contribution in [3.8, 4) is 28.2 Å². The largest absolute Gasteiger partial charge is 0.354 e. The van der Waals surface area contributed by atoms with Crippen LogP contribution in [0.4, 0.5) is 17.2 Å². The number of aromatic nitrogens is 4. The zero-order valence-corrected chi connectivity index (χ0v) is 38.1. The van der Waals surface area contributed by atoms with E-state index in [1.54, 1.807) is 0 Å². The number of aromatic amines is 1. The van der Waals surface area contributed by atoms with Crippen molar-refractivity contribution in [2.75, 3.05) is 4.90 Å². The minimum Gasteiger partial charge on any atom is -0.354 e. The van der Waals surface area contributed by atoms with Crippen molar-refractivity contribution in [2.24, 2.45) is 0 Å². The summed E-state index contributed by atoms with van der Waals surface area (Å²) in [5.74, 6) is 1.81. The Morgan fingerprint density at radius 1 is 0.548 bits per heavy atom. The zero-order chi connectivity index (χ0) is 43.5. The van der Waals surface area contributed by atoms with Crippen LogP contribution >= 0.6 is 0 Å². The van der Waals surface area contributed by atoms with Crippen LogP contribution in [0.5, 0.6) is 0 Å². The number of pyridine rings is 1. The summed E-state index contributed by atoms with van der Waals surface area (Å²) in [6, 6.07) is 49.3. The number of fused-ring (bicyclic) bond motifs is 6. The molecule has 9 aromatic rings.